The number of carbonyl (C=O) groups excluding carboxylic acids is 1. The third kappa shape index (κ3) is 3.29. The largest absolute Gasteiger partial charge is 0.353 e. The van der Waals surface area contributed by atoms with Crippen molar-refractivity contribution in [2.24, 2.45) is 0 Å². The fraction of sp³-hybridized carbons (Fsp3) is 0.438. The normalized spacial score (nSPS) is 18.1. The molecular formula is C16H19N5OS. The SMILES string of the molecule is O=C(NC1CC1)c1cnc(N2CCN(c3ccccn3)CC2)s1. The van der Waals surface area contributed by atoms with Crippen molar-refractivity contribution in [1.82, 2.24) is 15.3 Å². The Morgan fingerprint density at radius 3 is 2.61 bits per heavy atom. The molecule has 2 aromatic heterocycles. The molecule has 120 valence electrons. The Morgan fingerprint density at radius 2 is 1.91 bits per heavy atom. The maximum Gasteiger partial charge on any atom is 0.263 e. The van der Waals surface area contributed by atoms with Gasteiger partial charge in [-0.3, -0.25) is 4.79 Å². The Morgan fingerprint density at radius 1 is 1.13 bits per heavy atom. The molecule has 0 atom stereocenters. The lowest BCUT2D eigenvalue weighted by Crippen LogP contribution is -2.46. The number of rotatable bonds is 4. The van der Waals surface area contributed by atoms with E-state index in [1.54, 1.807) is 6.20 Å². The van der Waals surface area contributed by atoms with Gasteiger partial charge in [-0.15, -0.1) is 0 Å². The maximum atomic E-state index is 12.1. The first-order valence-corrected chi connectivity index (χ1v) is 8.79. The molecule has 2 aliphatic rings. The van der Waals surface area contributed by atoms with Gasteiger partial charge in [0.25, 0.3) is 5.91 Å². The predicted molar refractivity (Wildman–Crippen MR) is 91.3 cm³/mol. The number of piperazine rings is 1. The molecule has 2 aromatic rings. The highest BCUT2D eigenvalue weighted by molar-refractivity contribution is 7.17. The highest BCUT2D eigenvalue weighted by atomic mass is 32.1. The van der Waals surface area contributed by atoms with Crippen LogP contribution < -0.4 is 15.1 Å². The number of amides is 1. The Labute approximate surface area is 139 Å². The van der Waals surface area contributed by atoms with Gasteiger partial charge in [0.1, 0.15) is 10.7 Å². The average Bonchev–Trinajstić information content (AvgIpc) is 3.27. The second-order valence-corrected chi connectivity index (χ2v) is 6.93. The zero-order valence-corrected chi connectivity index (χ0v) is 13.6. The Bertz CT molecular complexity index is 677. The number of anilines is 2. The molecule has 6 nitrogen and oxygen atoms in total. The summed E-state index contributed by atoms with van der Waals surface area (Å²) in [6, 6.07) is 6.37. The summed E-state index contributed by atoms with van der Waals surface area (Å²) in [5.74, 6) is 1.04. The van der Waals surface area contributed by atoms with Crippen LogP contribution in [0.25, 0.3) is 0 Å². The smallest absolute Gasteiger partial charge is 0.263 e. The topological polar surface area (TPSA) is 61.4 Å². The highest BCUT2D eigenvalue weighted by Crippen LogP contribution is 2.26. The molecule has 0 unspecified atom stereocenters. The first kappa shape index (κ1) is 14.4. The first-order chi connectivity index (χ1) is 11.3. The van der Waals surface area contributed by atoms with Crippen molar-refractivity contribution in [1.29, 1.82) is 0 Å². The Hall–Kier alpha value is -2.15. The van der Waals surface area contributed by atoms with E-state index in [1.807, 2.05) is 24.4 Å². The summed E-state index contributed by atoms with van der Waals surface area (Å²) < 4.78 is 0. The van der Waals surface area contributed by atoms with E-state index in [4.69, 9.17) is 0 Å². The minimum atomic E-state index is 0.0170. The van der Waals surface area contributed by atoms with Crippen LogP contribution in [0.3, 0.4) is 0 Å². The molecule has 23 heavy (non-hydrogen) atoms. The Balaban J connectivity index is 1.37. The number of pyridine rings is 1. The van der Waals surface area contributed by atoms with E-state index in [0.29, 0.717) is 10.9 Å². The quantitative estimate of drug-likeness (QED) is 0.926. The summed E-state index contributed by atoms with van der Waals surface area (Å²) >= 11 is 1.48. The number of nitrogens with zero attached hydrogens (tertiary/aromatic N) is 4. The van der Waals surface area contributed by atoms with Crippen LogP contribution in [0.15, 0.2) is 30.6 Å². The van der Waals surface area contributed by atoms with Gasteiger partial charge in [0.15, 0.2) is 5.13 Å². The van der Waals surface area contributed by atoms with Crippen LogP contribution >= 0.6 is 11.3 Å². The molecule has 0 radical (unpaired) electrons. The molecule has 2 fully saturated rings. The minimum absolute atomic E-state index is 0.0170. The number of thiazole rings is 1. The van der Waals surface area contributed by atoms with E-state index < -0.39 is 0 Å². The van der Waals surface area contributed by atoms with Crippen molar-refractivity contribution < 1.29 is 4.79 Å². The van der Waals surface area contributed by atoms with Crippen LogP contribution in [0.1, 0.15) is 22.5 Å². The number of hydrogen-bond acceptors (Lipinski definition) is 6. The zero-order chi connectivity index (χ0) is 15.6. The van der Waals surface area contributed by atoms with Gasteiger partial charge in [-0.05, 0) is 25.0 Å². The molecule has 1 N–H and O–H groups in total. The summed E-state index contributed by atoms with van der Waals surface area (Å²) in [5.41, 5.74) is 0. The van der Waals surface area contributed by atoms with Gasteiger partial charge in [-0.2, -0.15) is 0 Å². The van der Waals surface area contributed by atoms with E-state index >= 15 is 0 Å². The minimum Gasteiger partial charge on any atom is -0.353 e. The van der Waals surface area contributed by atoms with Gasteiger partial charge in [-0.1, -0.05) is 17.4 Å². The van der Waals surface area contributed by atoms with Crippen molar-refractivity contribution in [3.63, 3.8) is 0 Å². The fourth-order valence-corrected chi connectivity index (χ4v) is 3.54. The summed E-state index contributed by atoms with van der Waals surface area (Å²) in [6.45, 7) is 3.63. The van der Waals surface area contributed by atoms with Gasteiger partial charge in [-0.25, -0.2) is 9.97 Å². The average molecular weight is 329 g/mol. The molecule has 4 rings (SSSR count). The maximum absolute atomic E-state index is 12.1. The summed E-state index contributed by atoms with van der Waals surface area (Å²) in [7, 11) is 0. The van der Waals surface area contributed by atoms with Crippen LogP contribution in [-0.2, 0) is 0 Å². The summed E-state index contributed by atoms with van der Waals surface area (Å²) in [4.78, 5) is 26.1. The van der Waals surface area contributed by atoms with Crippen molar-refractivity contribution in [2.75, 3.05) is 36.0 Å². The first-order valence-electron chi connectivity index (χ1n) is 7.97. The van der Waals surface area contributed by atoms with Crippen LogP contribution in [0, 0.1) is 0 Å². The van der Waals surface area contributed by atoms with Gasteiger partial charge in [0, 0.05) is 38.4 Å². The Kier molecular flexibility index (Phi) is 3.87. The summed E-state index contributed by atoms with van der Waals surface area (Å²) in [5, 5.41) is 3.95. The molecular weight excluding hydrogens is 310 g/mol. The standard InChI is InChI=1S/C16H19N5OS/c22-15(19-12-4-5-12)13-11-18-16(23-13)21-9-7-20(8-10-21)14-3-1-2-6-17-14/h1-3,6,11-12H,4-5,7-10H2,(H,19,22). The van der Waals surface area contributed by atoms with Crippen molar-refractivity contribution in [3.05, 3.63) is 35.5 Å². The molecule has 7 heteroatoms. The van der Waals surface area contributed by atoms with Gasteiger partial charge >= 0.3 is 0 Å². The summed E-state index contributed by atoms with van der Waals surface area (Å²) in [6.07, 6.45) is 5.73. The predicted octanol–water partition coefficient (Wildman–Crippen LogP) is 1.76. The third-order valence-electron chi connectivity index (χ3n) is 4.15. The molecule has 1 saturated carbocycles. The molecule has 0 aromatic carbocycles. The fourth-order valence-electron chi connectivity index (χ4n) is 2.67. The number of aromatic nitrogens is 2. The lowest BCUT2D eigenvalue weighted by atomic mass is 10.3. The second kappa shape index (κ2) is 6.16. The molecule has 1 aliphatic carbocycles. The second-order valence-electron chi connectivity index (χ2n) is 5.92. The van der Waals surface area contributed by atoms with Crippen molar-refractivity contribution >= 4 is 28.2 Å². The van der Waals surface area contributed by atoms with Crippen LogP contribution in [0.4, 0.5) is 10.9 Å². The monoisotopic (exact) mass is 329 g/mol. The van der Waals surface area contributed by atoms with Crippen molar-refractivity contribution in [2.45, 2.75) is 18.9 Å². The zero-order valence-electron chi connectivity index (χ0n) is 12.8. The van der Waals surface area contributed by atoms with E-state index in [0.717, 1.165) is 50.0 Å². The highest BCUT2D eigenvalue weighted by Gasteiger charge is 2.26. The lowest BCUT2D eigenvalue weighted by Gasteiger charge is -2.35. The van der Waals surface area contributed by atoms with E-state index in [-0.39, 0.29) is 5.91 Å². The van der Waals surface area contributed by atoms with Crippen LogP contribution in [0.5, 0.6) is 0 Å². The molecule has 0 bridgehead atoms. The van der Waals surface area contributed by atoms with Gasteiger partial charge in [0.05, 0.1) is 6.20 Å². The molecule has 1 saturated heterocycles. The number of nitrogens with one attached hydrogen (secondary N) is 1. The van der Waals surface area contributed by atoms with Crippen LogP contribution in [0.2, 0.25) is 0 Å². The van der Waals surface area contributed by atoms with E-state index in [1.165, 1.54) is 11.3 Å². The van der Waals surface area contributed by atoms with Crippen molar-refractivity contribution in [3.8, 4) is 0 Å². The number of hydrogen-bond donors (Lipinski definition) is 1. The molecule has 1 aliphatic heterocycles. The van der Waals surface area contributed by atoms with E-state index in [9.17, 15) is 4.79 Å². The van der Waals surface area contributed by atoms with Gasteiger partial charge < -0.3 is 15.1 Å². The third-order valence-corrected chi connectivity index (χ3v) is 5.21. The van der Waals surface area contributed by atoms with Crippen LogP contribution in [-0.4, -0.2) is 48.1 Å². The lowest BCUT2D eigenvalue weighted by molar-refractivity contribution is 0.0955. The van der Waals surface area contributed by atoms with E-state index in [2.05, 4.69) is 25.1 Å². The molecule has 0 spiro atoms. The number of carbonyl (C=O) groups is 1. The van der Waals surface area contributed by atoms with Gasteiger partial charge in [0.2, 0.25) is 0 Å². The molecule has 3 heterocycles. The molecule has 1 amide bonds.